The number of hydrogen-bond donors (Lipinski definition) is 1. The molecule has 1 atom stereocenters. The number of pyridine rings is 1. The number of fused-ring (bicyclic) bond motifs is 1. The van der Waals surface area contributed by atoms with Crippen molar-refractivity contribution in [3.63, 3.8) is 0 Å². The van der Waals surface area contributed by atoms with Crippen molar-refractivity contribution in [1.82, 2.24) is 9.38 Å². The van der Waals surface area contributed by atoms with Gasteiger partial charge in [0.25, 0.3) is 0 Å². The maximum absolute atomic E-state index is 5.97. The first-order valence-corrected chi connectivity index (χ1v) is 7.59. The van der Waals surface area contributed by atoms with Crippen LogP contribution < -0.4 is 5.73 Å². The van der Waals surface area contributed by atoms with Crippen LogP contribution in [0.1, 0.15) is 18.4 Å². The van der Waals surface area contributed by atoms with Crippen LogP contribution in [0.4, 0.5) is 0 Å². The van der Waals surface area contributed by atoms with Crippen LogP contribution in [0, 0.1) is 0 Å². The van der Waals surface area contributed by atoms with Gasteiger partial charge in [-0.3, -0.25) is 0 Å². The quantitative estimate of drug-likeness (QED) is 0.733. The minimum Gasteiger partial charge on any atom is -0.468 e. The highest BCUT2D eigenvalue weighted by Crippen LogP contribution is 2.27. The van der Waals surface area contributed by atoms with Crippen LogP contribution >= 0.6 is 11.8 Å². The summed E-state index contributed by atoms with van der Waals surface area (Å²) in [7, 11) is 0. The van der Waals surface area contributed by atoms with Crippen molar-refractivity contribution in [3.05, 3.63) is 54.2 Å². The number of imidazole rings is 1. The first kappa shape index (κ1) is 13.3. The molecule has 0 aliphatic rings. The monoisotopic (exact) mass is 287 g/mol. The van der Waals surface area contributed by atoms with Gasteiger partial charge in [-0.25, -0.2) is 4.98 Å². The van der Waals surface area contributed by atoms with E-state index in [2.05, 4.69) is 4.40 Å². The highest BCUT2D eigenvalue weighted by Gasteiger charge is 2.14. The molecule has 0 spiro atoms. The second-order valence-corrected chi connectivity index (χ2v) is 5.81. The first-order valence-electron chi connectivity index (χ1n) is 6.61. The Bertz CT molecular complexity index is 688. The van der Waals surface area contributed by atoms with Crippen molar-refractivity contribution >= 4 is 17.4 Å². The largest absolute Gasteiger partial charge is 0.468 e. The number of rotatable bonds is 5. The molecule has 3 aromatic rings. The van der Waals surface area contributed by atoms with Crippen molar-refractivity contribution in [3.8, 4) is 0 Å². The Labute approximate surface area is 122 Å². The minimum atomic E-state index is 0.109. The Morgan fingerprint density at radius 2 is 2.25 bits per heavy atom. The second kappa shape index (κ2) is 5.73. The summed E-state index contributed by atoms with van der Waals surface area (Å²) in [5.41, 5.74) is 8.10. The third-order valence-corrected chi connectivity index (χ3v) is 4.07. The molecule has 3 rings (SSSR count). The third-order valence-electron chi connectivity index (χ3n) is 3.04. The Hall–Kier alpha value is -1.72. The van der Waals surface area contributed by atoms with Gasteiger partial charge in [-0.15, -0.1) is 0 Å². The van der Waals surface area contributed by atoms with Crippen LogP contribution in [0.3, 0.4) is 0 Å². The van der Waals surface area contributed by atoms with Crippen LogP contribution in [-0.2, 0) is 12.2 Å². The second-order valence-electron chi connectivity index (χ2n) is 4.84. The lowest BCUT2D eigenvalue weighted by atomic mass is 10.2. The fourth-order valence-corrected chi connectivity index (χ4v) is 3.12. The third kappa shape index (κ3) is 2.73. The summed E-state index contributed by atoms with van der Waals surface area (Å²) in [6.07, 6.45) is 4.55. The van der Waals surface area contributed by atoms with Crippen LogP contribution in [-0.4, -0.2) is 15.4 Å². The molecule has 1 unspecified atom stereocenters. The van der Waals surface area contributed by atoms with Gasteiger partial charge in [0.15, 0.2) is 0 Å². The zero-order valence-corrected chi connectivity index (χ0v) is 12.1. The molecule has 0 fully saturated rings. The zero-order chi connectivity index (χ0) is 13.9. The van der Waals surface area contributed by atoms with Gasteiger partial charge in [-0.05, 0) is 31.2 Å². The molecule has 4 nitrogen and oxygen atoms in total. The van der Waals surface area contributed by atoms with E-state index in [0.717, 1.165) is 28.6 Å². The molecule has 0 amide bonds. The lowest BCUT2D eigenvalue weighted by Crippen LogP contribution is -2.19. The fourth-order valence-electron chi connectivity index (χ4n) is 2.17. The van der Waals surface area contributed by atoms with Crippen LogP contribution in [0.2, 0.25) is 0 Å². The van der Waals surface area contributed by atoms with Crippen molar-refractivity contribution in [1.29, 1.82) is 0 Å². The van der Waals surface area contributed by atoms with Gasteiger partial charge >= 0.3 is 0 Å². The molecule has 0 aliphatic heterocycles. The van der Waals surface area contributed by atoms with Gasteiger partial charge in [0, 0.05) is 18.7 Å². The van der Waals surface area contributed by atoms with E-state index in [1.165, 1.54) is 5.69 Å². The molecule has 5 heteroatoms. The number of nitrogens with zero attached hydrogens (tertiary/aromatic N) is 2. The molecule has 3 heterocycles. The number of nitrogens with two attached hydrogens (primary N) is 1. The standard InChI is InChI=1S/C15H17N3OS/c1-11(16)9-13-15(20-10-12-5-4-8-19-12)17-14-6-2-3-7-18(13)14/h2-8,11H,9-10,16H2,1H3. The van der Waals surface area contributed by atoms with E-state index in [-0.39, 0.29) is 6.04 Å². The smallest absolute Gasteiger partial charge is 0.138 e. The Kier molecular flexibility index (Phi) is 3.80. The van der Waals surface area contributed by atoms with Crippen LogP contribution in [0.5, 0.6) is 0 Å². The summed E-state index contributed by atoms with van der Waals surface area (Å²) in [5, 5.41) is 1.03. The lowest BCUT2D eigenvalue weighted by Gasteiger charge is -2.07. The number of aromatic nitrogens is 2. The highest BCUT2D eigenvalue weighted by molar-refractivity contribution is 7.98. The molecule has 0 bridgehead atoms. The van der Waals surface area contributed by atoms with E-state index in [0.29, 0.717) is 0 Å². The Morgan fingerprint density at radius 3 is 3.00 bits per heavy atom. The maximum atomic E-state index is 5.97. The number of furan rings is 1. The molecule has 104 valence electrons. The van der Waals surface area contributed by atoms with E-state index in [4.69, 9.17) is 15.1 Å². The van der Waals surface area contributed by atoms with E-state index in [1.807, 2.05) is 43.5 Å². The Balaban J connectivity index is 1.91. The van der Waals surface area contributed by atoms with E-state index in [9.17, 15) is 0 Å². The summed E-state index contributed by atoms with van der Waals surface area (Å²) in [4.78, 5) is 4.69. The van der Waals surface area contributed by atoms with Gasteiger partial charge in [-0.2, -0.15) is 0 Å². The first-order chi connectivity index (χ1) is 9.74. The van der Waals surface area contributed by atoms with Crippen LogP contribution in [0.15, 0.2) is 52.2 Å². The molecule has 2 N–H and O–H groups in total. The average Bonchev–Trinajstić information content (AvgIpc) is 3.04. The summed E-state index contributed by atoms with van der Waals surface area (Å²) < 4.78 is 7.49. The van der Waals surface area contributed by atoms with Crippen molar-refractivity contribution in [2.45, 2.75) is 30.2 Å². The molecule has 3 aromatic heterocycles. The molecular formula is C15H17N3OS. The van der Waals surface area contributed by atoms with Gasteiger partial charge in [0.2, 0.25) is 0 Å². The summed E-state index contributed by atoms with van der Waals surface area (Å²) in [5.74, 6) is 1.74. The van der Waals surface area contributed by atoms with Gasteiger partial charge in [0.05, 0.1) is 17.7 Å². The topological polar surface area (TPSA) is 56.5 Å². The number of thioether (sulfide) groups is 1. The molecule has 0 saturated carbocycles. The van der Waals surface area contributed by atoms with Crippen molar-refractivity contribution in [2.75, 3.05) is 0 Å². The van der Waals surface area contributed by atoms with E-state index in [1.54, 1.807) is 18.0 Å². The molecule has 0 aromatic carbocycles. The molecule has 20 heavy (non-hydrogen) atoms. The maximum Gasteiger partial charge on any atom is 0.138 e. The Morgan fingerprint density at radius 1 is 1.35 bits per heavy atom. The van der Waals surface area contributed by atoms with Gasteiger partial charge in [-0.1, -0.05) is 17.8 Å². The lowest BCUT2D eigenvalue weighted by molar-refractivity contribution is 0.530. The number of hydrogen-bond acceptors (Lipinski definition) is 4. The molecule has 0 radical (unpaired) electrons. The van der Waals surface area contributed by atoms with Crippen LogP contribution in [0.25, 0.3) is 5.65 Å². The fraction of sp³-hybridized carbons (Fsp3) is 0.267. The highest BCUT2D eigenvalue weighted by atomic mass is 32.2. The van der Waals surface area contributed by atoms with Gasteiger partial charge < -0.3 is 14.6 Å². The van der Waals surface area contributed by atoms with E-state index < -0.39 is 0 Å². The molecular weight excluding hydrogens is 270 g/mol. The molecule has 0 aliphatic carbocycles. The summed E-state index contributed by atoms with van der Waals surface area (Å²) in [6, 6.07) is 10.0. The summed E-state index contributed by atoms with van der Waals surface area (Å²) >= 11 is 1.69. The van der Waals surface area contributed by atoms with Crippen molar-refractivity contribution < 1.29 is 4.42 Å². The SMILES string of the molecule is CC(N)Cc1c(SCc2ccco2)nc2ccccn12. The summed E-state index contributed by atoms with van der Waals surface area (Å²) in [6.45, 7) is 2.02. The van der Waals surface area contributed by atoms with Crippen molar-refractivity contribution in [2.24, 2.45) is 5.73 Å². The average molecular weight is 287 g/mol. The normalized spacial score (nSPS) is 12.9. The predicted octanol–water partition coefficient (Wildman–Crippen LogP) is 3.11. The zero-order valence-electron chi connectivity index (χ0n) is 11.3. The minimum absolute atomic E-state index is 0.109. The van der Waals surface area contributed by atoms with E-state index >= 15 is 0 Å². The van der Waals surface area contributed by atoms with Gasteiger partial charge in [0.1, 0.15) is 16.4 Å². The molecule has 0 saturated heterocycles. The predicted molar refractivity (Wildman–Crippen MR) is 80.8 cm³/mol.